The third-order valence-electron chi connectivity index (χ3n) is 1.97. The SMILES string of the molecule is CC.CC.CC1/C=C\C=C/CCCC1. The molecule has 14 heavy (non-hydrogen) atoms. The van der Waals surface area contributed by atoms with E-state index in [-0.39, 0.29) is 0 Å². The average Bonchev–Trinajstić information content (AvgIpc) is 2.38. The Morgan fingerprint density at radius 3 is 2.21 bits per heavy atom. The van der Waals surface area contributed by atoms with Crippen LogP contribution in [0.5, 0.6) is 0 Å². The molecule has 0 aliphatic heterocycles. The molecular formula is C14H28. The van der Waals surface area contributed by atoms with E-state index < -0.39 is 0 Å². The van der Waals surface area contributed by atoms with E-state index in [1.807, 2.05) is 27.7 Å². The number of rotatable bonds is 0. The molecule has 1 aliphatic rings. The van der Waals surface area contributed by atoms with Crippen LogP contribution in [0.25, 0.3) is 0 Å². The molecule has 0 spiro atoms. The van der Waals surface area contributed by atoms with E-state index in [0.717, 1.165) is 5.92 Å². The van der Waals surface area contributed by atoms with Crippen molar-refractivity contribution in [3.63, 3.8) is 0 Å². The number of hydrogen-bond acceptors (Lipinski definition) is 0. The lowest BCUT2D eigenvalue weighted by Crippen LogP contribution is -1.87. The van der Waals surface area contributed by atoms with Crippen LogP contribution < -0.4 is 0 Å². The second-order valence-electron chi connectivity index (χ2n) is 3.07. The van der Waals surface area contributed by atoms with Gasteiger partial charge in [-0.15, -0.1) is 0 Å². The van der Waals surface area contributed by atoms with Crippen LogP contribution in [-0.2, 0) is 0 Å². The molecule has 0 aromatic carbocycles. The first-order chi connectivity index (χ1) is 6.89. The number of allylic oxidation sites excluding steroid dienone is 4. The van der Waals surface area contributed by atoms with Crippen molar-refractivity contribution in [3.05, 3.63) is 24.3 Å². The van der Waals surface area contributed by atoms with Crippen LogP contribution >= 0.6 is 0 Å². The maximum Gasteiger partial charge on any atom is -0.0259 e. The first-order valence-corrected chi connectivity index (χ1v) is 6.23. The summed E-state index contributed by atoms with van der Waals surface area (Å²) in [5.74, 6) is 0.780. The van der Waals surface area contributed by atoms with Gasteiger partial charge in [0, 0.05) is 0 Å². The zero-order valence-electron chi connectivity index (χ0n) is 10.7. The summed E-state index contributed by atoms with van der Waals surface area (Å²) in [6, 6.07) is 0. The maximum absolute atomic E-state index is 2.29. The zero-order chi connectivity index (χ0) is 11.2. The molecule has 0 N–H and O–H groups in total. The summed E-state index contributed by atoms with van der Waals surface area (Å²) in [5.41, 5.74) is 0. The second-order valence-corrected chi connectivity index (χ2v) is 3.07. The van der Waals surface area contributed by atoms with E-state index in [4.69, 9.17) is 0 Å². The monoisotopic (exact) mass is 196 g/mol. The zero-order valence-corrected chi connectivity index (χ0v) is 10.7. The second kappa shape index (κ2) is 15.0. The van der Waals surface area contributed by atoms with Crippen molar-refractivity contribution in [1.29, 1.82) is 0 Å². The standard InChI is InChI=1S/C10H16.2C2H6/c1-10-8-6-4-2-3-5-7-9-10;2*1-2/h2,4,6,8,10H,3,5,7,9H2,1H3;2*1-2H3/b4-2-,8-6-;;. The number of hydrogen-bond donors (Lipinski definition) is 0. The Bertz CT molecular complexity index is 131. The van der Waals surface area contributed by atoms with Crippen LogP contribution in [0.2, 0.25) is 0 Å². The first-order valence-electron chi connectivity index (χ1n) is 6.23. The van der Waals surface area contributed by atoms with E-state index in [0.29, 0.717) is 0 Å². The Labute approximate surface area is 91.1 Å². The largest absolute Gasteiger partial charge is 0.0845 e. The van der Waals surface area contributed by atoms with E-state index in [2.05, 4.69) is 31.2 Å². The molecule has 1 atom stereocenters. The summed E-state index contributed by atoms with van der Waals surface area (Å²) in [7, 11) is 0. The van der Waals surface area contributed by atoms with Crippen molar-refractivity contribution >= 4 is 0 Å². The Morgan fingerprint density at radius 2 is 1.57 bits per heavy atom. The predicted octanol–water partition coefficient (Wildman–Crippen LogP) is 5.36. The summed E-state index contributed by atoms with van der Waals surface area (Å²) < 4.78 is 0. The highest BCUT2D eigenvalue weighted by Crippen LogP contribution is 2.12. The molecule has 0 bridgehead atoms. The highest BCUT2D eigenvalue weighted by molar-refractivity contribution is 5.04. The first kappa shape index (κ1) is 15.9. The highest BCUT2D eigenvalue weighted by Gasteiger charge is 1.96. The van der Waals surface area contributed by atoms with Crippen molar-refractivity contribution in [2.24, 2.45) is 5.92 Å². The minimum atomic E-state index is 0.780. The van der Waals surface area contributed by atoms with Crippen LogP contribution in [0.3, 0.4) is 0 Å². The molecular weight excluding hydrogens is 168 g/mol. The molecule has 0 fully saturated rings. The molecule has 0 heteroatoms. The summed E-state index contributed by atoms with van der Waals surface area (Å²) in [5, 5.41) is 0. The van der Waals surface area contributed by atoms with Crippen LogP contribution in [0.15, 0.2) is 24.3 Å². The smallest absolute Gasteiger partial charge is 0.0259 e. The Kier molecular flexibility index (Phi) is 17.0. The molecule has 1 unspecified atom stereocenters. The normalized spacial score (nSPS) is 24.8. The van der Waals surface area contributed by atoms with E-state index in [1.54, 1.807) is 0 Å². The average molecular weight is 196 g/mol. The Balaban J connectivity index is 0. The van der Waals surface area contributed by atoms with Crippen molar-refractivity contribution in [3.8, 4) is 0 Å². The quantitative estimate of drug-likeness (QED) is 0.489. The van der Waals surface area contributed by atoms with E-state index in [9.17, 15) is 0 Å². The summed E-state index contributed by atoms with van der Waals surface area (Å²) in [4.78, 5) is 0. The minimum Gasteiger partial charge on any atom is -0.0845 e. The van der Waals surface area contributed by atoms with Crippen LogP contribution in [-0.4, -0.2) is 0 Å². The minimum absolute atomic E-state index is 0.780. The van der Waals surface area contributed by atoms with Gasteiger partial charge < -0.3 is 0 Å². The summed E-state index contributed by atoms with van der Waals surface area (Å²) >= 11 is 0. The molecule has 0 heterocycles. The van der Waals surface area contributed by atoms with Gasteiger partial charge in [-0.25, -0.2) is 0 Å². The molecule has 0 saturated carbocycles. The predicted molar refractivity (Wildman–Crippen MR) is 68.6 cm³/mol. The van der Waals surface area contributed by atoms with Gasteiger partial charge in [0.15, 0.2) is 0 Å². The van der Waals surface area contributed by atoms with Crippen molar-refractivity contribution in [2.45, 2.75) is 60.3 Å². The lowest BCUT2D eigenvalue weighted by Gasteiger charge is -2.02. The fourth-order valence-electron chi connectivity index (χ4n) is 1.25. The van der Waals surface area contributed by atoms with Crippen LogP contribution in [0.4, 0.5) is 0 Å². The van der Waals surface area contributed by atoms with Gasteiger partial charge in [0.05, 0.1) is 0 Å². The van der Waals surface area contributed by atoms with Gasteiger partial charge in [0.25, 0.3) is 0 Å². The highest BCUT2D eigenvalue weighted by atomic mass is 14.0. The van der Waals surface area contributed by atoms with Gasteiger partial charge in [-0.05, 0) is 25.2 Å². The van der Waals surface area contributed by atoms with Gasteiger partial charge >= 0.3 is 0 Å². The van der Waals surface area contributed by atoms with Crippen LogP contribution in [0, 0.1) is 5.92 Å². The molecule has 1 aliphatic carbocycles. The maximum atomic E-state index is 2.29. The van der Waals surface area contributed by atoms with Gasteiger partial charge in [-0.3, -0.25) is 0 Å². The van der Waals surface area contributed by atoms with Gasteiger partial charge in [-0.2, -0.15) is 0 Å². The summed E-state index contributed by atoms with van der Waals surface area (Å²) in [6.45, 7) is 10.3. The lowest BCUT2D eigenvalue weighted by atomic mass is 10.0. The molecule has 0 amide bonds. The van der Waals surface area contributed by atoms with Crippen molar-refractivity contribution in [2.75, 3.05) is 0 Å². The van der Waals surface area contributed by atoms with Crippen LogP contribution in [0.1, 0.15) is 60.3 Å². The molecule has 0 saturated heterocycles. The van der Waals surface area contributed by atoms with Gasteiger partial charge in [0.1, 0.15) is 0 Å². The molecule has 0 aromatic rings. The molecule has 0 radical (unpaired) electrons. The fraction of sp³-hybridized carbons (Fsp3) is 0.714. The Morgan fingerprint density at radius 1 is 0.929 bits per heavy atom. The van der Waals surface area contributed by atoms with E-state index >= 15 is 0 Å². The van der Waals surface area contributed by atoms with Crippen molar-refractivity contribution in [1.82, 2.24) is 0 Å². The van der Waals surface area contributed by atoms with Gasteiger partial charge in [-0.1, -0.05) is 65.3 Å². The molecule has 84 valence electrons. The molecule has 0 nitrogen and oxygen atoms in total. The third-order valence-corrected chi connectivity index (χ3v) is 1.97. The molecule has 1 rings (SSSR count). The van der Waals surface area contributed by atoms with Gasteiger partial charge in [0.2, 0.25) is 0 Å². The summed E-state index contributed by atoms with van der Waals surface area (Å²) in [6.07, 6.45) is 14.3. The lowest BCUT2D eigenvalue weighted by molar-refractivity contribution is 0.587. The third kappa shape index (κ3) is 11.5. The van der Waals surface area contributed by atoms with Crippen molar-refractivity contribution < 1.29 is 0 Å². The fourth-order valence-corrected chi connectivity index (χ4v) is 1.25. The topological polar surface area (TPSA) is 0 Å². The molecule has 0 aromatic heterocycles. The Hall–Kier alpha value is -0.520. The van der Waals surface area contributed by atoms with E-state index in [1.165, 1.54) is 25.7 Å².